The number of nitrogens with one attached hydrogen (secondary N) is 1. The Labute approximate surface area is 96.9 Å². The molecule has 86 valence electrons. The van der Waals surface area contributed by atoms with Crippen LogP contribution in [0.1, 0.15) is 24.1 Å². The Bertz CT molecular complexity index is 367. The van der Waals surface area contributed by atoms with Crippen molar-refractivity contribution in [3.8, 4) is 0 Å². The highest BCUT2D eigenvalue weighted by atomic mass is 15.2. The highest BCUT2D eigenvalue weighted by molar-refractivity contribution is 5.14. The Morgan fingerprint density at radius 3 is 3.00 bits per heavy atom. The van der Waals surface area contributed by atoms with E-state index >= 15 is 0 Å². The van der Waals surface area contributed by atoms with E-state index in [1.54, 1.807) is 0 Å². The SMILES string of the molecule is Cc1ccc(CN2CCNC3(CC3)C2)cn1. The summed E-state index contributed by atoms with van der Waals surface area (Å²) in [6, 6.07) is 4.30. The first-order valence-electron chi connectivity index (χ1n) is 6.15. The smallest absolute Gasteiger partial charge is 0.0372 e. The summed E-state index contributed by atoms with van der Waals surface area (Å²) in [5, 5.41) is 3.64. The first-order chi connectivity index (χ1) is 7.76. The summed E-state index contributed by atoms with van der Waals surface area (Å²) in [5.74, 6) is 0. The summed E-state index contributed by atoms with van der Waals surface area (Å²) in [6.07, 6.45) is 4.72. The molecule has 3 rings (SSSR count). The molecule has 0 bridgehead atoms. The maximum atomic E-state index is 4.35. The molecule has 1 aliphatic heterocycles. The second-order valence-electron chi connectivity index (χ2n) is 5.23. The minimum Gasteiger partial charge on any atom is -0.309 e. The van der Waals surface area contributed by atoms with Crippen molar-refractivity contribution in [2.75, 3.05) is 19.6 Å². The Morgan fingerprint density at radius 2 is 2.31 bits per heavy atom. The molecule has 0 radical (unpaired) electrons. The lowest BCUT2D eigenvalue weighted by atomic mass is 10.1. The summed E-state index contributed by atoms with van der Waals surface area (Å²) >= 11 is 0. The fourth-order valence-electron chi connectivity index (χ4n) is 2.51. The summed E-state index contributed by atoms with van der Waals surface area (Å²) in [5.41, 5.74) is 2.92. The van der Waals surface area contributed by atoms with Gasteiger partial charge in [0.15, 0.2) is 0 Å². The van der Waals surface area contributed by atoms with Gasteiger partial charge in [-0.3, -0.25) is 9.88 Å². The van der Waals surface area contributed by atoms with Gasteiger partial charge in [0, 0.05) is 43.6 Å². The van der Waals surface area contributed by atoms with Crippen molar-refractivity contribution < 1.29 is 0 Å². The van der Waals surface area contributed by atoms with Gasteiger partial charge in [0.2, 0.25) is 0 Å². The van der Waals surface area contributed by atoms with Gasteiger partial charge in [-0.25, -0.2) is 0 Å². The maximum Gasteiger partial charge on any atom is 0.0372 e. The molecule has 0 amide bonds. The molecular formula is C13H19N3. The molecule has 3 heteroatoms. The minimum absolute atomic E-state index is 0.483. The first kappa shape index (κ1) is 10.2. The summed E-state index contributed by atoms with van der Waals surface area (Å²) < 4.78 is 0. The Morgan fingerprint density at radius 1 is 1.44 bits per heavy atom. The predicted octanol–water partition coefficient (Wildman–Crippen LogP) is 1.33. The average Bonchev–Trinajstić information content (AvgIpc) is 3.01. The van der Waals surface area contributed by atoms with E-state index in [0.717, 1.165) is 25.3 Å². The molecule has 1 saturated carbocycles. The van der Waals surface area contributed by atoms with Crippen LogP contribution >= 0.6 is 0 Å². The Hall–Kier alpha value is -0.930. The lowest BCUT2D eigenvalue weighted by Gasteiger charge is -2.33. The monoisotopic (exact) mass is 217 g/mol. The Kier molecular flexibility index (Phi) is 2.45. The van der Waals surface area contributed by atoms with Gasteiger partial charge in [0.05, 0.1) is 0 Å². The number of hydrogen-bond donors (Lipinski definition) is 1. The third-order valence-electron chi connectivity index (χ3n) is 3.69. The van der Waals surface area contributed by atoms with E-state index in [1.165, 1.54) is 24.9 Å². The van der Waals surface area contributed by atoms with E-state index in [0.29, 0.717) is 5.54 Å². The average molecular weight is 217 g/mol. The first-order valence-corrected chi connectivity index (χ1v) is 6.15. The normalized spacial score (nSPS) is 23.6. The van der Waals surface area contributed by atoms with Gasteiger partial charge in [0.25, 0.3) is 0 Å². The van der Waals surface area contributed by atoms with Crippen LogP contribution < -0.4 is 5.32 Å². The molecule has 1 aromatic heterocycles. The van der Waals surface area contributed by atoms with E-state index in [9.17, 15) is 0 Å². The topological polar surface area (TPSA) is 28.2 Å². The zero-order valence-electron chi connectivity index (χ0n) is 9.87. The lowest BCUT2D eigenvalue weighted by molar-refractivity contribution is 0.182. The summed E-state index contributed by atoms with van der Waals surface area (Å²) in [6.45, 7) is 6.60. The molecule has 2 aliphatic rings. The third kappa shape index (κ3) is 2.11. The largest absolute Gasteiger partial charge is 0.309 e. The molecule has 1 aromatic rings. The van der Waals surface area contributed by atoms with Crippen molar-refractivity contribution in [1.29, 1.82) is 0 Å². The van der Waals surface area contributed by atoms with Crippen LogP contribution in [-0.4, -0.2) is 35.1 Å². The van der Waals surface area contributed by atoms with E-state index in [-0.39, 0.29) is 0 Å². The van der Waals surface area contributed by atoms with Crippen LogP contribution in [0.25, 0.3) is 0 Å². The van der Waals surface area contributed by atoms with Crippen LogP contribution in [0, 0.1) is 6.92 Å². The molecule has 1 aliphatic carbocycles. The molecule has 0 atom stereocenters. The molecule has 2 fully saturated rings. The summed E-state index contributed by atoms with van der Waals surface area (Å²) in [4.78, 5) is 6.91. The van der Waals surface area contributed by atoms with E-state index in [4.69, 9.17) is 0 Å². The fraction of sp³-hybridized carbons (Fsp3) is 0.615. The standard InChI is InChI=1S/C13H19N3/c1-11-2-3-12(8-14-11)9-16-7-6-15-13(10-16)4-5-13/h2-3,8,15H,4-7,9-10H2,1H3. The molecule has 0 unspecified atom stereocenters. The predicted molar refractivity (Wildman–Crippen MR) is 64.2 cm³/mol. The van der Waals surface area contributed by atoms with Crippen molar-refractivity contribution in [2.24, 2.45) is 0 Å². The zero-order valence-corrected chi connectivity index (χ0v) is 9.87. The van der Waals surface area contributed by atoms with Crippen LogP contribution in [-0.2, 0) is 6.54 Å². The molecule has 1 saturated heterocycles. The zero-order chi connectivity index (χ0) is 11.0. The quantitative estimate of drug-likeness (QED) is 0.810. The van der Waals surface area contributed by atoms with Gasteiger partial charge in [-0.1, -0.05) is 6.07 Å². The van der Waals surface area contributed by atoms with Crippen LogP contribution in [0.3, 0.4) is 0 Å². The van der Waals surface area contributed by atoms with Crippen LogP contribution in [0.15, 0.2) is 18.3 Å². The van der Waals surface area contributed by atoms with Crippen molar-refractivity contribution >= 4 is 0 Å². The van der Waals surface area contributed by atoms with Crippen LogP contribution in [0.2, 0.25) is 0 Å². The third-order valence-corrected chi connectivity index (χ3v) is 3.69. The van der Waals surface area contributed by atoms with Crippen molar-refractivity contribution in [1.82, 2.24) is 15.2 Å². The molecule has 1 N–H and O–H groups in total. The van der Waals surface area contributed by atoms with Crippen molar-refractivity contribution in [2.45, 2.75) is 31.8 Å². The van der Waals surface area contributed by atoms with Gasteiger partial charge < -0.3 is 5.32 Å². The highest BCUT2D eigenvalue weighted by Gasteiger charge is 2.45. The lowest BCUT2D eigenvalue weighted by Crippen LogP contribution is -2.51. The van der Waals surface area contributed by atoms with Crippen LogP contribution in [0.5, 0.6) is 0 Å². The molecule has 1 spiro atoms. The molecule has 3 nitrogen and oxygen atoms in total. The molecular weight excluding hydrogens is 198 g/mol. The van der Waals surface area contributed by atoms with E-state index in [2.05, 4.69) is 27.3 Å². The van der Waals surface area contributed by atoms with Gasteiger partial charge in [-0.05, 0) is 31.4 Å². The molecule has 2 heterocycles. The number of aromatic nitrogens is 1. The van der Waals surface area contributed by atoms with Gasteiger partial charge in [0.1, 0.15) is 0 Å². The van der Waals surface area contributed by atoms with Crippen molar-refractivity contribution in [3.05, 3.63) is 29.6 Å². The van der Waals surface area contributed by atoms with E-state index in [1.807, 2.05) is 13.1 Å². The van der Waals surface area contributed by atoms with Gasteiger partial charge >= 0.3 is 0 Å². The van der Waals surface area contributed by atoms with Gasteiger partial charge in [-0.2, -0.15) is 0 Å². The Balaban J connectivity index is 1.63. The number of pyridine rings is 1. The minimum atomic E-state index is 0.483. The maximum absolute atomic E-state index is 4.35. The number of rotatable bonds is 2. The second kappa shape index (κ2) is 3.82. The highest BCUT2D eigenvalue weighted by Crippen LogP contribution is 2.37. The summed E-state index contributed by atoms with van der Waals surface area (Å²) in [7, 11) is 0. The molecule has 0 aromatic carbocycles. The van der Waals surface area contributed by atoms with Crippen LogP contribution in [0.4, 0.5) is 0 Å². The number of hydrogen-bond acceptors (Lipinski definition) is 3. The molecule has 16 heavy (non-hydrogen) atoms. The van der Waals surface area contributed by atoms with Crippen molar-refractivity contribution in [3.63, 3.8) is 0 Å². The van der Waals surface area contributed by atoms with Gasteiger partial charge in [-0.15, -0.1) is 0 Å². The second-order valence-corrected chi connectivity index (χ2v) is 5.23. The number of piperazine rings is 1. The number of aryl methyl sites for hydroxylation is 1. The van der Waals surface area contributed by atoms with E-state index < -0.39 is 0 Å². The number of nitrogens with zero attached hydrogens (tertiary/aromatic N) is 2. The fourth-order valence-corrected chi connectivity index (χ4v) is 2.51.